The highest BCUT2D eigenvalue weighted by Gasteiger charge is 2.17. The molecular weight excluding hydrogens is 290 g/mol. The quantitative estimate of drug-likeness (QED) is 0.442. The molecule has 0 fully saturated rings. The molecule has 0 unspecified atom stereocenters. The van der Waals surface area contributed by atoms with E-state index in [1.807, 2.05) is 18.2 Å². The fourth-order valence-electron chi connectivity index (χ4n) is 3.28. The average molecular weight is 311 g/mol. The molecule has 116 valence electrons. The summed E-state index contributed by atoms with van der Waals surface area (Å²) in [5, 5.41) is 2.28. The second kappa shape index (κ2) is 5.93. The number of aryl methyl sites for hydroxylation is 2. The Morgan fingerprint density at radius 3 is 2.50 bits per heavy atom. The van der Waals surface area contributed by atoms with Crippen molar-refractivity contribution in [2.24, 2.45) is 7.05 Å². The van der Waals surface area contributed by atoms with Crippen molar-refractivity contribution in [3.63, 3.8) is 0 Å². The van der Waals surface area contributed by atoms with Crippen LogP contribution >= 0.6 is 0 Å². The van der Waals surface area contributed by atoms with Gasteiger partial charge >= 0.3 is 0 Å². The van der Waals surface area contributed by atoms with Crippen molar-refractivity contribution in [2.45, 2.75) is 6.92 Å². The van der Waals surface area contributed by atoms with Crippen LogP contribution < -0.4 is 4.57 Å². The Balaban J connectivity index is 1.99. The molecule has 0 N–H and O–H groups in total. The summed E-state index contributed by atoms with van der Waals surface area (Å²) in [7, 11) is 2.08. The number of benzene rings is 3. The van der Waals surface area contributed by atoms with Crippen molar-refractivity contribution < 1.29 is 5.94 Å². The minimum absolute atomic E-state index is 0.544. The first-order valence-electron chi connectivity index (χ1n) is 8.69. The predicted molar refractivity (Wildman–Crippen MR) is 101 cm³/mol. The Labute approximate surface area is 144 Å². The summed E-state index contributed by atoms with van der Waals surface area (Å²) in [5.41, 5.74) is 6.10. The third-order valence-corrected chi connectivity index (χ3v) is 4.58. The van der Waals surface area contributed by atoms with Crippen LogP contribution in [-0.2, 0) is 7.05 Å². The Morgan fingerprint density at radius 1 is 0.833 bits per heavy atom. The molecule has 0 aliphatic rings. The van der Waals surface area contributed by atoms with E-state index in [4.69, 9.17) is 1.37 Å². The Hall–Kier alpha value is -2.93. The number of pyridine rings is 1. The molecule has 0 aliphatic heterocycles. The van der Waals surface area contributed by atoms with E-state index in [2.05, 4.69) is 79.3 Å². The number of fused-ring (bicyclic) bond motifs is 1. The Kier molecular flexibility index (Phi) is 3.34. The summed E-state index contributed by atoms with van der Waals surface area (Å²) in [5.74, 6) is 0. The SMILES string of the molecule is [2H]c1ccc2c(-c3cc(-c4ccccc4)ccc3C)[n+](C)ccc2c1. The number of nitrogens with zero attached hydrogens (tertiary/aromatic N) is 1. The molecule has 24 heavy (non-hydrogen) atoms. The molecule has 1 heteroatoms. The molecule has 0 aliphatic carbocycles. The van der Waals surface area contributed by atoms with Gasteiger partial charge in [-0.1, -0.05) is 60.6 Å². The normalized spacial score (nSPS) is 11.5. The number of hydrogen-bond acceptors (Lipinski definition) is 0. The molecule has 1 aromatic heterocycles. The van der Waals surface area contributed by atoms with Gasteiger partial charge in [0.05, 0.1) is 12.3 Å². The first-order valence-corrected chi connectivity index (χ1v) is 8.19. The summed E-state index contributed by atoms with van der Waals surface area (Å²) in [6.07, 6.45) is 2.08. The van der Waals surface area contributed by atoms with Gasteiger partial charge in [-0.15, -0.1) is 0 Å². The molecule has 3 aromatic carbocycles. The molecule has 0 atom stereocenters. The third-order valence-electron chi connectivity index (χ3n) is 4.58. The monoisotopic (exact) mass is 311 g/mol. The van der Waals surface area contributed by atoms with Crippen molar-refractivity contribution in [3.8, 4) is 22.4 Å². The molecule has 4 aromatic rings. The smallest absolute Gasteiger partial charge is 0.200 e. The minimum Gasteiger partial charge on any atom is -0.200 e. The van der Waals surface area contributed by atoms with Gasteiger partial charge < -0.3 is 0 Å². The lowest BCUT2D eigenvalue weighted by Gasteiger charge is -2.10. The van der Waals surface area contributed by atoms with Crippen LogP contribution in [-0.4, -0.2) is 0 Å². The van der Waals surface area contributed by atoms with E-state index >= 15 is 0 Å². The average Bonchev–Trinajstić information content (AvgIpc) is 2.63. The van der Waals surface area contributed by atoms with E-state index in [0.29, 0.717) is 6.04 Å². The van der Waals surface area contributed by atoms with Gasteiger partial charge in [0.1, 0.15) is 7.05 Å². The standard InChI is InChI=1S/C23H20N/c1-17-12-13-20(18-8-4-3-5-9-18)16-22(17)23-21-11-7-6-10-19(21)14-15-24(23)2/h3-16H,1-2H3/q+1/i6D. The van der Waals surface area contributed by atoms with Crippen molar-refractivity contribution in [3.05, 3.63) is 90.6 Å². The number of rotatable bonds is 2. The van der Waals surface area contributed by atoms with Crippen molar-refractivity contribution in [2.75, 3.05) is 0 Å². The molecule has 0 saturated carbocycles. The summed E-state index contributed by atoms with van der Waals surface area (Å²) in [6, 6.07) is 25.6. The maximum atomic E-state index is 7.89. The predicted octanol–water partition coefficient (Wildman–Crippen LogP) is 5.31. The highest BCUT2D eigenvalue weighted by atomic mass is 14.9. The Bertz CT molecular complexity index is 1070. The number of aromatic nitrogens is 1. The van der Waals surface area contributed by atoms with Crippen molar-refractivity contribution in [1.29, 1.82) is 0 Å². The summed E-state index contributed by atoms with van der Waals surface area (Å²) >= 11 is 0. The fourth-order valence-corrected chi connectivity index (χ4v) is 3.28. The molecule has 1 heterocycles. The summed E-state index contributed by atoms with van der Waals surface area (Å²) in [4.78, 5) is 0. The maximum absolute atomic E-state index is 7.89. The molecule has 0 amide bonds. The van der Waals surface area contributed by atoms with Gasteiger partial charge in [-0.05, 0) is 41.1 Å². The van der Waals surface area contributed by atoms with Crippen molar-refractivity contribution >= 4 is 10.8 Å². The topological polar surface area (TPSA) is 3.88 Å². The van der Waals surface area contributed by atoms with Gasteiger partial charge in [-0.25, -0.2) is 4.57 Å². The van der Waals surface area contributed by atoms with E-state index in [9.17, 15) is 0 Å². The molecule has 0 bridgehead atoms. The minimum atomic E-state index is 0.544. The van der Waals surface area contributed by atoms with E-state index in [1.54, 1.807) is 0 Å². The van der Waals surface area contributed by atoms with Gasteiger partial charge in [0.25, 0.3) is 0 Å². The first kappa shape index (κ1) is 13.5. The molecular formula is C23H20N+. The van der Waals surface area contributed by atoms with Gasteiger partial charge in [0.2, 0.25) is 5.69 Å². The van der Waals surface area contributed by atoms with Crippen LogP contribution in [0.5, 0.6) is 0 Å². The highest BCUT2D eigenvalue weighted by Crippen LogP contribution is 2.31. The van der Waals surface area contributed by atoms with E-state index in [1.165, 1.54) is 33.3 Å². The van der Waals surface area contributed by atoms with Crippen LogP contribution in [0.1, 0.15) is 6.93 Å². The van der Waals surface area contributed by atoms with Gasteiger partial charge in [0.15, 0.2) is 6.20 Å². The van der Waals surface area contributed by atoms with Crippen LogP contribution in [0.25, 0.3) is 33.2 Å². The van der Waals surface area contributed by atoms with Crippen molar-refractivity contribution in [1.82, 2.24) is 0 Å². The number of hydrogen-bond donors (Lipinski definition) is 0. The lowest BCUT2D eigenvalue weighted by molar-refractivity contribution is -0.659. The molecule has 4 rings (SSSR count). The zero-order valence-corrected chi connectivity index (χ0v) is 14.0. The molecule has 0 spiro atoms. The largest absolute Gasteiger partial charge is 0.220 e. The van der Waals surface area contributed by atoms with Crippen LogP contribution in [0, 0.1) is 6.92 Å². The molecule has 0 radical (unpaired) electrons. The van der Waals surface area contributed by atoms with E-state index < -0.39 is 0 Å². The van der Waals surface area contributed by atoms with Gasteiger partial charge in [-0.3, -0.25) is 0 Å². The molecule has 1 nitrogen and oxygen atoms in total. The van der Waals surface area contributed by atoms with E-state index in [0.717, 1.165) is 5.39 Å². The summed E-state index contributed by atoms with van der Waals surface area (Å²) < 4.78 is 10.1. The van der Waals surface area contributed by atoms with Gasteiger partial charge in [0, 0.05) is 6.07 Å². The lowest BCUT2D eigenvalue weighted by Crippen LogP contribution is -2.30. The lowest BCUT2D eigenvalue weighted by atomic mass is 9.95. The zero-order chi connectivity index (χ0) is 17.4. The van der Waals surface area contributed by atoms with Gasteiger partial charge in [-0.2, -0.15) is 0 Å². The third kappa shape index (κ3) is 2.48. The molecule has 0 saturated heterocycles. The van der Waals surface area contributed by atoms with E-state index in [-0.39, 0.29) is 0 Å². The van der Waals surface area contributed by atoms with Crippen LogP contribution in [0.15, 0.2) is 85.0 Å². The zero-order valence-electron chi connectivity index (χ0n) is 15.0. The summed E-state index contributed by atoms with van der Waals surface area (Å²) in [6.45, 7) is 2.15. The first-order chi connectivity index (χ1) is 12.1. The van der Waals surface area contributed by atoms with Crippen LogP contribution in [0.2, 0.25) is 0 Å². The Morgan fingerprint density at radius 2 is 1.67 bits per heavy atom. The fraction of sp³-hybridized carbons (Fsp3) is 0.0870. The maximum Gasteiger partial charge on any atom is 0.220 e. The second-order valence-electron chi connectivity index (χ2n) is 6.18. The second-order valence-corrected chi connectivity index (χ2v) is 6.18. The van der Waals surface area contributed by atoms with Crippen LogP contribution in [0.4, 0.5) is 0 Å². The van der Waals surface area contributed by atoms with Crippen LogP contribution in [0.3, 0.4) is 0 Å². The highest BCUT2D eigenvalue weighted by molar-refractivity contribution is 5.94.